The smallest absolute Gasteiger partial charge is 0.327 e. The predicted molar refractivity (Wildman–Crippen MR) is 98.4 cm³/mol. The Morgan fingerprint density at radius 1 is 1.19 bits per heavy atom. The van der Waals surface area contributed by atoms with E-state index in [1.54, 1.807) is 11.9 Å². The van der Waals surface area contributed by atoms with Gasteiger partial charge in [-0.15, -0.1) is 0 Å². The van der Waals surface area contributed by atoms with Gasteiger partial charge in [-0.25, -0.2) is 4.79 Å². The minimum Gasteiger partial charge on any atom is -0.348 e. The van der Waals surface area contributed by atoms with Gasteiger partial charge in [0.25, 0.3) is 5.91 Å². The van der Waals surface area contributed by atoms with Gasteiger partial charge in [0.15, 0.2) is 0 Å². The van der Waals surface area contributed by atoms with Gasteiger partial charge in [-0.3, -0.25) is 14.5 Å². The molecule has 1 aliphatic carbocycles. The zero-order valence-electron chi connectivity index (χ0n) is 15.7. The Hall–Kier alpha value is -2.37. The number of hydrogen-bond acceptors (Lipinski definition) is 3. The summed E-state index contributed by atoms with van der Waals surface area (Å²) in [5.74, 6) is -0.535. The first-order chi connectivity index (χ1) is 12.4. The second-order valence-electron chi connectivity index (χ2n) is 7.47. The Morgan fingerprint density at radius 2 is 1.85 bits per heavy atom. The Balaban J connectivity index is 1.68. The molecule has 6 heteroatoms. The van der Waals surface area contributed by atoms with Gasteiger partial charge in [-0.2, -0.15) is 0 Å². The van der Waals surface area contributed by atoms with Crippen LogP contribution in [0.1, 0.15) is 56.2 Å². The summed E-state index contributed by atoms with van der Waals surface area (Å²) in [4.78, 5) is 40.7. The molecule has 0 aromatic heterocycles. The van der Waals surface area contributed by atoms with Crippen molar-refractivity contribution >= 4 is 17.8 Å². The summed E-state index contributed by atoms with van der Waals surface area (Å²) in [5, 5.41) is 2.91. The number of nitrogens with zero attached hydrogens (tertiary/aromatic N) is 2. The maximum Gasteiger partial charge on any atom is 0.327 e. The van der Waals surface area contributed by atoms with E-state index in [1.807, 2.05) is 38.1 Å². The van der Waals surface area contributed by atoms with Crippen LogP contribution in [0.2, 0.25) is 0 Å². The van der Waals surface area contributed by atoms with Crippen molar-refractivity contribution in [1.82, 2.24) is 15.1 Å². The Labute approximate surface area is 154 Å². The van der Waals surface area contributed by atoms with E-state index in [4.69, 9.17) is 0 Å². The number of imide groups is 1. The van der Waals surface area contributed by atoms with Crippen LogP contribution in [0.4, 0.5) is 4.79 Å². The van der Waals surface area contributed by atoms with Crippen molar-refractivity contribution in [3.05, 3.63) is 35.4 Å². The van der Waals surface area contributed by atoms with Gasteiger partial charge in [0.05, 0.1) is 6.04 Å². The summed E-state index contributed by atoms with van der Waals surface area (Å²) in [5.41, 5.74) is 1.38. The molecule has 1 aromatic carbocycles. The van der Waals surface area contributed by atoms with E-state index in [2.05, 4.69) is 5.32 Å². The first-order valence-corrected chi connectivity index (χ1v) is 9.31. The molecule has 1 N–H and O–H groups in total. The molecule has 1 aliphatic heterocycles. The zero-order valence-corrected chi connectivity index (χ0v) is 15.7. The lowest BCUT2D eigenvalue weighted by atomic mass is 9.81. The third-order valence-electron chi connectivity index (χ3n) is 5.82. The van der Waals surface area contributed by atoms with E-state index in [0.717, 1.165) is 35.3 Å². The lowest BCUT2D eigenvalue weighted by Crippen LogP contribution is -2.49. The number of urea groups is 1. The molecule has 3 rings (SSSR count). The van der Waals surface area contributed by atoms with Crippen molar-refractivity contribution in [3.63, 3.8) is 0 Å². The van der Waals surface area contributed by atoms with E-state index >= 15 is 0 Å². The van der Waals surface area contributed by atoms with E-state index < -0.39 is 5.54 Å². The highest BCUT2D eigenvalue weighted by atomic mass is 16.2. The van der Waals surface area contributed by atoms with Gasteiger partial charge >= 0.3 is 6.03 Å². The van der Waals surface area contributed by atoms with Crippen LogP contribution in [0.3, 0.4) is 0 Å². The Morgan fingerprint density at radius 3 is 2.50 bits per heavy atom. The topological polar surface area (TPSA) is 69.7 Å². The molecule has 1 saturated heterocycles. The molecule has 140 valence electrons. The van der Waals surface area contributed by atoms with Crippen LogP contribution in [-0.4, -0.2) is 46.8 Å². The maximum atomic E-state index is 12.9. The highest BCUT2D eigenvalue weighted by Crippen LogP contribution is 2.39. The molecule has 6 nitrogen and oxygen atoms in total. The number of carbonyl (C=O) groups excluding carboxylic acids is 3. The number of amides is 4. The van der Waals surface area contributed by atoms with Gasteiger partial charge in [-0.05, 0) is 37.8 Å². The molecule has 4 amide bonds. The molecule has 2 fully saturated rings. The molecule has 0 bridgehead atoms. The third kappa shape index (κ3) is 3.08. The summed E-state index contributed by atoms with van der Waals surface area (Å²) in [7, 11) is 1.68. The van der Waals surface area contributed by atoms with E-state index in [9.17, 15) is 14.4 Å². The average Bonchev–Trinajstić information content (AvgIpc) is 2.79. The van der Waals surface area contributed by atoms with Crippen molar-refractivity contribution in [3.8, 4) is 0 Å². The highest BCUT2D eigenvalue weighted by Gasteiger charge is 2.55. The molecular weight excluding hydrogens is 330 g/mol. The summed E-state index contributed by atoms with van der Waals surface area (Å²) in [6.45, 7) is 3.68. The molecule has 1 atom stereocenters. The molecule has 1 heterocycles. The normalized spacial score (nSPS) is 20.6. The van der Waals surface area contributed by atoms with Crippen LogP contribution in [0.15, 0.2) is 24.3 Å². The van der Waals surface area contributed by atoms with Crippen molar-refractivity contribution in [2.75, 3.05) is 13.6 Å². The fourth-order valence-corrected chi connectivity index (χ4v) is 4.25. The van der Waals surface area contributed by atoms with Crippen LogP contribution < -0.4 is 5.32 Å². The second kappa shape index (κ2) is 7.09. The molecule has 1 aromatic rings. The van der Waals surface area contributed by atoms with Gasteiger partial charge in [-0.1, -0.05) is 43.5 Å². The van der Waals surface area contributed by atoms with Gasteiger partial charge in [0.1, 0.15) is 12.1 Å². The fraction of sp³-hybridized carbons (Fsp3) is 0.550. The summed E-state index contributed by atoms with van der Waals surface area (Å²) >= 11 is 0. The van der Waals surface area contributed by atoms with Crippen molar-refractivity contribution in [1.29, 1.82) is 0 Å². The lowest BCUT2D eigenvalue weighted by molar-refractivity contribution is -0.137. The van der Waals surface area contributed by atoms with Gasteiger partial charge in [0.2, 0.25) is 5.91 Å². The van der Waals surface area contributed by atoms with Crippen LogP contribution in [0, 0.1) is 6.92 Å². The molecule has 1 unspecified atom stereocenters. The van der Waals surface area contributed by atoms with Crippen LogP contribution in [0.25, 0.3) is 0 Å². The molecule has 1 spiro atoms. The van der Waals surface area contributed by atoms with Crippen molar-refractivity contribution in [2.24, 2.45) is 0 Å². The molecule has 26 heavy (non-hydrogen) atoms. The predicted octanol–water partition coefficient (Wildman–Crippen LogP) is 2.77. The zero-order chi connectivity index (χ0) is 18.9. The van der Waals surface area contributed by atoms with Crippen molar-refractivity contribution < 1.29 is 14.4 Å². The minimum atomic E-state index is -0.739. The third-order valence-corrected chi connectivity index (χ3v) is 5.82. The maximum absolute atomic E-state index is 12.9. The van der Waals surface area contributed by atoms with Crippen LogP contribution in [0.5, 0.6) is 0 Å². The SMILES string of the molecule is Cc1ccccc1C(C)NC(=O)CN1C(=O)N(C)C2(CCCCC2)C1=O. The van der Waals surface area contributed by atoms with E-state index in [0.29, 0.717) is 12.8 Å². The Bertz CT molecular complexity index is 725. The second-order valence-corrected chi connectivity index (χ2v) is 7.47. The number of carbonyl (C=O) groups is 3. The Kier molecular flexibility index (Phi) is 5.03. The first kappa shape index (κ1) is 18.4. The first-order valence-electron chi connectivity index (χ1n) is 9.31. The summed E-state index contributed by atoms with van der Waals surface area (Å²) in [6.07, 6.45) is 4.34. The summed E-state index contributed by atoms with van der Waals surface area (Å²) in [6, 6.07) is 7.30. The summed E-state index contributed by atoms with van der Waals surface area (Å²) < 4.78 is 0. The van der Waals surface area contributed by atoms with Crippen LogP contribution >= 0.6 is 0 Å². The monoisotopic (exact) mass is 357 g/mol. The van der Waals surface area contributed by atoms with Gasteiger partial charge < -0.3 is 10.2 Å². The number of rotatable bonds is 4. The molecule has 2 aliphatic rings. The number of benzene rings is 1. The number of aryl methyl sites for hydroxylation is 1. The van der Waals surface area contributed by atoms with Gasteiger partial charge in [0, 0.05) is 7.05 Å². The quantitative estimate of drug-likeness (QED) is 0.843. The number of nitrogens with one attached hydrogen (secondary N) is 1. The van der Waals surface area contributed by atoms with Crippen molar-refractivity contribution in [2.45, 2.75) is 57.5 Å². The standard InChI is InChI=1S/C20H27N3O3/c1-14-9-5-6-10-16(14)15(2)21-17(24)13-23-18(25)20(22(3)19(23)26)11-7-4-8-12-20/h5-6,9-10,15H,4,7-8,11-13H2,1-3H3,(H,21,24). The highest BCUT2D eigenvalue weighted by molar-refractivity contribution is 6.08. The van der Waals surface area contributed by atoms with E-state index in [1.165, 1.54) is 0 Å². The van der Waals surface area contributed by atoms with E-state index in [-0.39, 0.29) is 30.4 Å². The number of likely N-dealkylation sites (N-methyl/N-ethyl adjacent to an activating group) is 1. The number of hydrogen-bond donors (Lipinski definition) is 1. The van der Waals surface area contributed by atoms with Crippen LogP contribution in [-0.2, 0) is 9.59 Å². The molecular formula is C20H27N3O3. The average molecular weight is 357 g/mol. The lowest BCUT2D eigenvalue weighted by Gasteiger charge is -2.35. The minimum absolute atomic E-state index is 0.183. The largest absolute Gasteiger partial charge is 0.348 e. The molecule has 1 saturated carbocycles. The fourth-order valence-electron chi connectivity index (χ4n) is 4.25. The molecule has 0 radical (unpaired) electrons.